The molecule has 0 fully saturated rings. The number of carbonyl (C=O) groups excluding carboxylic acids is 1. The Hall–Kier alpha value is -1.78. The fraction of sp³-hybridized carbons (Fsp3) is 0.500. The highest BCUT2D eigenvalue weighted by atomic mass is 16.6. The quantitative estimate of drug-likeness (QED) is 0.745. The molecule has 0 radical (unpaired) electrons. The Labute approximate surface area is 101 Å². The summed E-state index contributed by atoms with van der Waals surface area (Å²) in [5.74, 6) is 0. The summed E-state index contributed by atoms with van der Waals surface area (Å²) in [4.78, 5) is 17.7. The monoisotopic (exact) mass is 235 g/mol. The lowest BCUT2D eigenvalue weighted by Gasteiger charge is -2.23. The number of nitrogens with two attached hydrogens (primary N) is 1. The molecule has 1 aromatic rings. The molecule has 0 saturated carbocycles. The average molecular weight is 235 g/mol. The van der Waals surface area contributed by atoms with Gasteiger partial charge in [0.25, 0.3) is 0 Å². The molecule has 2 heterocycles. The molecule has 0 saturated heterocycles. The maximum atomic E-state index is 11.9. The van der Waals surface area contributed by atoms with Gasteiger partial charge < -0.3 is 10.5 Å². The summed E-state index contributed by atoms with van der Waals surface area (Å²) in [6.45, 7) is 6.56. The van der Waals surface area contributed by atoms with Crippen LogP contribution in [0.4, 0.5) is 10.5 Å². The number of hydrogen-bond acceptors (Lipinski definition) is 4. The molecule has 0 aromatic carbocycles. The Morgan fingerprint density at radius 1 is 1.47 bits per heavy atom. The van der Waals surface area contributed by atoms with Crippen LogP contribution < -0.4 is 5.73 Å². The van der Waals surface area contributed by atoms with Gasteiger partial charge in [0.05, 0.1) is 30.7 Å². The fourth-order valence-corrected chi connectivity index (χ4v) is 1.73. The van der Waals surface area contributed by atoms with Gasteiger partial charge in [0.1, 0.15) is 5.60 Å². The molecule has 2 rings (SSSR count). The zero-order valence-electron chi connectivity index (χ0n) is 10.4. The molecule has 5 nitrogen and oxygen atoms in total. The van der Waals surface area contributed by atoms with E-state index in [-0.39, 0.29) is 6.09 Å². The second-order valence-corrected chi connectivity index (χ2v) is 5.21. The minimum Gasteiger partial charge on any atom is -0.444 e. The molecule has 0 atom stereocenters. The van der Waals surface area contributed by atoms with Gasteiger partial charge in [-0.2, -0.15) is 0 Å². The van der Waals surface area contributed by atoms with Crippen molar-refractivity contribution in [1.29, 1.82) is 0 Å². The van der Waals surface area contributed by atoms with Gasteiger partial charge in [-0.05, 0) is 32.4 Å². The van der Waals surface area contributed by atoms with Gasteiger partial charge in [-0.15, -0.1) is 0 Å². The van der Waals surface area contributed by atoms with E-state index >= 15 is 0 Å². The zero-order valence-corrected chi connectivity index (χ0v) is 10.4. The number of carbonyl (C=O) groups is 1. The third kappa shape index (κ3) is 2.67. The Morgan fingerprint density at radius 2 is 2.18 bits per heavy atom. The first kappa shape index (κ1) is 11.7. The highest BCUT2D eigenvalue weighted by molar-refractivity contribution is 5.69. The van der Waals surface area contributed by atoms with E-state index in [0.717, 1.165) is 11.3 Å². The minimum atomic E-state index is -0.474. The number of nitrogens with zero attached hydrogens (tertiary/aromatic N) is 2. The number of ether oxygens (including phenoxy) is 1. The molecular formula is C12H17N3O2. The Balaban J connectivity index is 2.07. The summed E-state index contributed by atoms with van der Waals surface area (Å²) in [5, 5.41) is 0. The van der Waals surface area contributed by atoms with Crippen LogP contribution in [0, 0.1) is 0 Å². The molecule has 17 heavy (non-hydrogen) atoms. The van der Waals surface area contributed by atoms with Gasteiger partial charge in [-0.1, -0.05) is 0 Å². The average Bonchev–Trinajstić information content (AvgIpc) is 2.57. The van der Waals surface area contributed by atoms with Gasteiger partial charge in [0, 0.05) is 0 Å². The molecule has 0 unspecified atom stereocenters. The van der Waals surface area contributed by atoms with Crippen molar-refractivity contribution < 1.29 is 9.53 Å². The molecule has 0 aliphatic carbocycles. The first-order valence-electron chi connectivity index (χ1n) is 5.56. The van der Waals surface area contributed by atoms with Gasteiger partial charge in [-0.25, -0.2) is 4.79 Å². The van der Waals surface area contributed by atoms with Crippen LogP contribution in [0.15, 0.2) is 12.3 Å². The van der Waals surface area contributed by atoms with Gasteiger partial charge in [-0.3, -0.25) is 9.88 Å². The summed E-state index contributed by atoms with van der Waals surface area (Å²) >= 11 is 0. The molecule has 1 aliphatic heterocycles. The fourth-order valence-electron chi connectivity index (χ4n) is 1.73. The van der Waals surface area contributed by atoms with Gasteiger partial charge >= 0.3 is 6.09 Å². The number of aromatic nitrogens is 1. The number of fused-ring (bicyclic) bond motifs is 1. The third-order valence-corrected chi connectivity index (χ3v) is 2.43. The van der Waals surface area contributed by atoms with E-state index in [0.29, 0.717) is 18.8 Å². The first-order valence-corrected chi connectivity index (χ1v) is 5.56. The van der Waals surface area contributed by atoms with E-state index in [9.17, 15) is 4.79 Å². The van der Waals surface area contributed by atoms with E-state index in [1.54, 1.807) is 11.1 Å². The van der Waals surface area contributed by atoms with Crippen LogP contribution in [0.2, 0.25) is 0 Å². The van der Waals surface area contributed by atoms with E-state index < -0.39 is 5.60 Å². The van der Waals surface area contributed by atoms with E-state index in [2.05, 4.69) is 4.98 Å². The largest absolute Gasteiger partial charge is 0.444 e. The number of anilines is 1. The normalized spacial score (nSPS) is 14.6. The molecule has 1 aromatic heterocycles. The number of nitrogen functional groups attached to an aromatic ring is 1. The number of amides is 1. The second-order valence-electron chi connectivity index (χ2n) is 5.21. The van der Waals surface area contributed by atoms with Crippen LogP contribution in [0.3, 0.4) is 0 Å². The maximum absolute atomic E-state index is 11.9. The lowest BCUT2D eigenvalue weighted by molar-refractivity contribution is 0.0240. The van der Waals surface area contributed by atoms with Crippen molar-refractivity contribution in [2.45, 2.75) is 39.5 Å². The number of pyridine rings is 1. The Morgan fingerprint density at radius 3 is 2.82 bits per heavy atom. The van der Waals surface area contributed by atoms with Crippen molar-refractivity contribution >= 4 is 11.8 Å². The van der Waals surface area contributed by atoms with E-state index in [1.165, 1.54) is 0 Å². The van der Waals surface area contributed by atoms with Crippen molar-refractivity contribution in [3.8, 4) is 0 Å². The van der Waals surface area contributed by atoms with Crippen LogP contribution >= 0.6 is 0 Å². The summed E-state index contributed by atoms with van der Waals surface area (Å²) < 4.78 is 5.31. The maximum Gasteiger partial charge on any atom is 0.410 e. The topological polar surface area (TPSA) is 68.5 Å². The van der Waals surface area contributed by atoms with Crippen molar-refractivity contribution in [3.05, 3.63) is 23.5 Å². The highest BCUT2D eigenvalue weighted by Crippen LogP contribution is 2.24. The van der Waals surface area contributed by atoms with Crippen LogP contribution in [-0.4, -0.2) is 21.6 Å². The number of rotatable bonds is 0. The van der Waals surface area contributed by atoms with E-state index in [1.807, 2.05) is 26.8 Å². The predicted octanol–water partition coefficient (Wildman–Crippen LogP) is 1.91. The summed E-state index contributed by atoms with van der Waals surface area (Å²) in [6.07, 6.45) is 1.30. The highest BCUT2D eigenvalue weighted by Gasteiger charge is 2.28. The Kier molecular flexibility index (Phi) is 2.69. The van der Waals surface area contributed by atoms with Crippen molar-refractivity contribution in [2.24, 2.45) is 0 Å². The molecule has 2 N–H and O–H groups in total. The van der Waals surface area contributed by atoms with Gasteiger partial charge in [0.15, 0.2) is 0 Å². The molecule has 0 bridgehead atoms. The SMILES string of the molecule is CC(C)(C)OC(=O)N1Cc2cc(N)cnc2C1. The lowest BCUT2D eigenvalue weighted by atomic mass is 10.2. The summed E-state index contributed by atoms with van der Waals surface area (Å²) in [6, 6.07) is 1.85. The molecule has 1 aliphatic rings. The Bertz CT molecular complexity index is 452. The smallest absolute Gasteiger partial charge is 0.410 e. The van der Waals surface area contributed by atoms with Gasteiger partial charge in [0.2, 0.25) is 0 Å². The molecule has 0 spiro atoms. The molecular weight excluding hydrogens is 218 g/mol. The second kappa shape index (κ2) is 3.91. The van der Waals surface area contributed by atoms with Crippen LogP contribution in [0.5, 0.6) is 0 Å². The van der Waals surface area contributed by atoms with E-state index in [4.69, 9.17) is 10.5 Å². The van der Waals surface area contributed by atoms with Crippen LogP contribution in [-0.2, 0) is 17.8 Å². The minimum absolute atomic E-state index is 0.311. The first-order chi connectivity index (χ1) is 7.85. The number of hydrogen-bond donors (Lipinski definition) is 1. The summed E-state index contributed by atoms with van der Waals surface area (Å²) in [7, 11) is 0. The molecule has 5 heteroatoms. The van der Waals surface area contributed by atoms with Crippen molar-refractivity contribution in [2.75, 3.05) is 5.73 Å². The lowest BCUT2D eigenvalue weighted by Crippen LogP contribution is -2.33. The van der Waals surface area contributed by atoms with Crippen molar-refractivity contribution in [1.82, 2.24) is 9.88 Å². The van der Waals surface area contributed by atoms with Crippen LogP contribution in [0.1, 0.15) is 32.0 Å². The van der Waals surface area contributed by atoms with Crippen LogP contribution in [0.25, 0.3) is 0 Å². The standard InChI is InChI=1S/C12H17N3O2/c1-12(2,3)17-11(16)15-6-8-4-9(13)5-14-10(8)7-15/h4-5H,6-7,13H2,1-3H3. The molecule has 1 amide bonds. The van der Waals surface area contributed by atoms with Crippen molar-refractivity contribution in [3.63, 3.8) is 0 Å². The summed E-state index contributed by atoms with van der Waals surface area (Å²) in [5.41, 5.74) is 7.69. The predicted molar refractivity (Wildman–Crippen MR) is 64.1 cm³/mol. The molecule has 92 valence electrons. The zero-order chi connectivity index (χ0) is 12.6. The third-order valence-electron chi connectivity index (χ3n) is 2.43.